The molecule has 0 bridgehead atoms. The summed E-state index contributed by atoms with van der Waals surface area (Å²) in [5, 5.41) is 4.57. The quantitative estimate of drug-likeness (QED) is 0.831. The second-order valence-corrected chi connectivity index (χ2v) is 7.00. The Morgan fingerprint density at radius 3 is 2.67 bits per heavy atom. The molecule has 1 aromatic heterocycles. The third-order valence-corrected chi connectivity index (χ3v) is 5.61. The molecule has 6 heteroatoms. The van der Waals surface area contributed by atoms with Crippen molar-refractivity contribution in [1.82, 2.24) is 19.6 Å². The average molecular weight is 332 g/mol. The van der Waals surface area contributed by atoms with Crippen molar-refractivity contribution in [2.45, 2.75) is 52.0 Å². The van der Waals surface area contributed by atoms with Gasteiger partial charge in [-0.3, -0.25) is 14.3 Å². The number of rotatable bonds is 4. The van der Waals surface area contributed by atoms with Crippen LogP contribution in [0.15, 0.2) is 0 Å². The summed E-state index contributed by atoms with van der Waals surface area (Å²) < 4.78 is 1.91. The molecule has 0 saturated carbocycles. The Labute approximate surface area is 143 Å². The van der Waals surface area contributed by atoms with Crippen LogP contribution < -0.4 is 0 Å². The molecule has 2 amide bonds. The maximum atomic E-state index is 13.0. The van der Waals surface area contributed by atoms with E-state index < -0.39 is 0 Å². The van der Waals surface area contributed by atoms with Crippen molar-refractivity contribution in [3.05, 3.63) is 17.0 Å². The van der Waals surface area contributed by atoms with Crippen LogP contribution in [0.3, 0.4) is 0 Å². The van der Waals surface area contributed by atoms with Crippen molar-refractivity contribution >= 4 is 11.8 Å². The molecule has 2 aliphatic heterocycles. The van der Waals surface area contributed by atoms with E-state index in [-0.39, 0.29) is 23.8 Å². The molecule has 0 N–H and O–H groups in total. The molecule has 0 aliphatic carbocycles. The van der Waals surface area contributed by atoms with Gasteiger partial charge in [0.05, 0.1) is 24.1 Å². The number of nitrogens with zero attached hydrogens (tertiary/aromatic N) is 4. The van der Waals surface area contributed by atoms with Gasteiger partial charge in [-0.05, 0) is 25.7 Å². The minimum absolute atomic E-state index is 0.00195. The van der Waals surface area contributed by atoms with E-state index in [2.05, 4.69) is 18.9 Å². The van der Waals surface area contributed by atoms with Crippen LogP contribution in [-0.2, 0) is 35.9 Å². The molecule has 24 heavy (non-hydrogen) atoms. The Hall–Kier alpha value is -1.85. The Kier molecular flexibility index (Phi) is 4.65. The standard InChI is InChI=1S/C18H28N4O2/c1-5-14-13(15(6-2)21(4)19-14)10-17(23)22-9-7-8-12-16(22)11-20(3)18(12)24/h12,16H,5-11H2,1-4H3/t12-,16-/m1/s1. The zero-order chi connectivity index (χ0) is 17.4. The highest BCUT2D eigenvalue weighted by atomic mass is 16.2. The van der Waals surface area contributed by atoms with Crippen molar-refractivity contribution in [1.29, 1.82) is 0 Å². The molecule has 0 spiro atoms. The number of aromatic nitrogens is 2. The second-order valence-electron chi connectivity index (χ2n) is 7.00. The highest BCUT2D eigenvalue weighted by Gasteiger charge is 2.45. The molecule has 2 aliphatic rings. The number of hydrogen-bond acceptors (Lipinski definition) is 3. The first kappa shape index (κ1) is 17.0. The lowest BCUT2D eigenvalue weighted by molar-refractivity contribution is -0.136. The fourth-order valence-electron chi connectivity index (χ4n) is 4.38. The topological polar surface area (TPSA) is 58.4 Å². The highest BCUT2D eigenvalue weighted by molar-refractivity contribution is 5.85. The predicted molar refractivity (Wildman–Crippen MR) is 91.5 cm³/mol. The summed E-state index contributed by atoms with van der Waals surface area (Å²) in [6.07, 6.45) is 3.94. The fraction of sp³-hybridized carbons (Fsp3) is 0.722. The van der Waals surface area contributed by atoms with Crippen molar-refractivity contribution in [2.24, 2.45) is 13.0 Å². The molecule has 0 aromatic carbocycles. The molecular formula is C18H28N4O2. The normalized spacial score (nSPS) is 23.8. The number of aryl methyl sites for hydroxylation is 2. The summed E-state index contributed by atoms with van der Waals surface area (Å²) in [7, 11) is 3.79. The zero-order valence-corrected chi connectivity index (χ0v) is 15.2. The lowest BCUT2D eigenvalue weighted by Gasteiger charge is -2.36. The number of carbonyl (C=O) groups is 2. The predicted octanol–water partition coefficient (Wildman–Crippen LogP) is 1.17. The largest absolute Gasteiger partial charge is 0.343 e. The number of piperidine rings is 1. The lowest BCUT2D eigenvalue weighted by Crippen LogP contribution is -2.49. The summed E-state index contributed by atoms with van der Waals surface area (Å²) in [5.41, 5.74) is 3.26. The first-order chi connectivity index (χ1) is 11.5. The van der Waals surface area contributed by atoms with Gasteiger partial charge in [-0.15, -0.1) is 0 Å². The number of likely N-dealkylation sites (N-methyl/N-ethyl adjacent to an activating group) is 1. The van der Waals surface area contributed by atoms with E-state index in [0.29, 0.717) is 13.0 Å². The highest BCUT2D eigenvalue weighted by Crippen LogP contribution is 2.31. The number of hydrogen-bond donors (Lipinski definition) is 0. The van der Waals surface area contributed by atoms with Crippen LogP contribution in [0.4, 0.5) is 0 Å². The van der Waals surface area contributed by atoms with Crippen LogP contribution >= 0.6 is 0 Å². The first-order valence-corrected chi connectivity index (χ1v) is 9.05. The van der Waals surface area contributed by atoms with E-state index in [1.807, 2.05) is 23.7 Å². The van der Waals surface area contributed by atoms with Crippen molar-refractivity contribution < 1.29 is 9.59 Å². The number of likely N-dealkylation sites (tertiary alicyclic amines) is 2. The molecule has 3 rings (SSSR count). The Morgan fingerprint density at radius 2 is 2.00 bits per heavy atom. The second kappa shape index (κ2) is 6.57. The van der Waals surface area contributed by atoms with Gasteiger partial charge in [0.25, 0.3) is 0 Å². The SMILES string of the molecule is CCc1nn(C)c(CC)c1CC(=O)N1CCC[C@H]2C(=O)N(C)C[C@H]21. The van der Waals surface area contributed by atoms with Crippen molar-refractivity contribution in [3.63, 3.8) is 0 Å². The van der Waals surface area contributed by atoms with Crippen molar-refractivity contribution in [2.75, 3.05) is 20.1 Å². The molecule has 1 aromatic rings. The molecule has 6 nitrogen and oxygen atoms in total. The van der Waals surface area contributed by atoms with Gasteiger partial charge < -0.3 is 9.80 Å². The summed E-state index contributed by atoms with van der Waals surface area (Å²) in [4.78, 5) is 29.0. The summed E-state index contributed by atoms with van der Waals surface area (Å²) in [6, 6.07) is 0.0515. The van der Waals surface area contributed by atoms with Gasteiger partial charge >= 0.3 is 0 Å². The fourth-order valence-corrected chi connectivity index (χ4v) is 4.38. The van der Waals surface area contributed by atoms with Gasteiger partial charge in [-0.2, -0.15) is 5.10 Å². The molecule has 0 unspecified atom stereocenters. The summed E-state index contributed by atoms with van der Waals surface area (Å²) in [5.74, 6) is 0.338. The van der Waals surface area contributed by atoms with Gasteiger partial charge in [0.15, 0.2) is 0 Å². The molecule has 3 heterocycles. The van der Waals surface area contributed by atoms with Crippen LogP contribution in [0.1, 0.15) is 43.6 Å². The first-order valence-electron chi connectivity index (χ1n) is 9.05. The summed E-state index contributed by atoms with van der Waals surface area (Å²) >= 11 is 0. The minimum atomic E-state index is -0.00195. The zero-order valence-electron chi connectivity index (χ0n) is 15.2. The third kappa shape index (κ3) is 2.72. The maximum absolute atomic E-state index is 13.0. The Balaban J connectivity index is 1.81. The molecule has 2 saturated heterocycles. The van der Waals surface area contributed by atoms with Gasteiger partial charge in [0.1, 0.15) is 0 Å². The number of fused-ring (bicyclic) bond motifs is 1. The Bertz CT molecular complexity index is 652. The van der Waals surface area contributed by atoms with Gasteiger partial charge in [-0.1, -0.05) is 13.8 Å². The van der Waals surface area contributed by atoms with E-state index in [0.717, 1.165) is 49.2 Å². The molecule has 0 radical (unpaired) electrons. The lowest BCUT2D eigenvalue weighted by atomic mass is 9.91. The summed E-state index contributed by atoms with van der Waals surface area (Å²) in [6.45, 7) is 5.62. The van der Waals surface area contributed by atoms with Crippen LogP contribution in [0, 0.1) is 5.92 Å². The van der Waals surface area contributed by atoms with Crippen molar-refractivity contribution in [3.8, 4) is 0 Å². The van der Waals surface area contributed by atoms with E-state index in [1.54, 1.807) is 4.90 Å². The van der Waals surface area contributed by atoms with Crippen LogP contribution in [-0.4, -0.2) is 57.6 Å². The van der Waals surface area contributed by atoms with E-state index in [4.69, 9.17) is 0 Å². The van der Waals surface area contributed by atoms with Crippen LogP contribution in [0.5, 0.6) is 0 Å². The molecular weight excluding hydrogens is 304 g/mol. The van der Waals surface area contributed by atoms with Crippen LogP contribution in [0.2, 0.25) is 0 Å². The Morgan fingerprint density at radius 1 is 1.25 bits per heavy atom. The van der Waals surface area contributed by atoms with Gasteiger partial charge in [-0.25, -0.2) is 0 Å². The van der Waals surface area contributed by atoms with Gasteiger partial charge in [0, 0.05) is 38.4 Å². The smallest absolute Gasteiger partial charge is 0.227 e. The average Bonchev–Trinajstić information content (AvgIpc) is 3.03. The minimum Gasteiger partial charge on any atom is -0.343 e. The third-order valence-electron chi connectivity index (χ3n) is 5.61. The number of carbonyl (C=O) groups excluding carboxylic acids is 2. The van der Waals surface area contributed by atoms with Crippen LogP contribution in [0.25, 0.3) is 0 Å². The van der Waals surface area contributed by atoms with E-state index in [1.165, 1.54) is 0 Å². The van der Waals surface area contributed by atoms with E-state index >= 15 is 0 Å². The monoisotopic (exact) mass is 332 g/mol. The maximum Gasteiger partial charge on any atom is 0.227 e. The van der Waals surface area contributed by atoms with E-state index in [9.17, 15) is 9.59 Å². The molecule has 132 valence electrons. The molecule has 2 fully saturated rings. The van der Waals surface area contributed by atoms with Gasteiger partial charge in [0.2, 0.25) is 11.8 Å². The molecule has 2 atom stereocenters. The number of amides is 2.